The Morgan fingerprint density at radius 1 is 1.00 bits per heavy atom. The van der Waals surface area contributed by atoms with Crippen molar-refractivity contribution < 1.29 is 4.74 Å². The lowest BCUT2D eigenvalue weighted by Crippen LogP contribution is -2.03. The number of thioether (sulfide) groups is 1. The predicted octanol–water partition coefficient (Wildman–Crippen LogP) is 3.96. The van der Waals surface area contributed by atoms with Crippen LogP contribution >= 0.6 is 11.8 Å². The van der Waals surface area contributed by atoms with Gasteiger partial charge in [-0.3, -0.25) is 0 Å². The van der Waals surface area contributed by atoms with Crippen LogP contribution in [-0.2, 0) is 7.05 Å². The molecule has 1 aromatic heterocycles. The number of benzene rings is 2. The molecule has 0 saturated carbocycles. The van der Waals surface area contributed by atoms with Gasteiger partial charge in [-0.25, -0.2) is 0 Å². The molecular formula is C18H19N3OS. The van der Waals surface area contributed by atoms with E-state index in [1.807, 2.05) is 60.1 Å². The van der Waals surface area contributed by atoms with Gasteiger partial charge in [0.2, 0.25) is 0 Å². The molecule has 0 atom stereocenters. The molecule has 3 rings (SSSR count). The van der Waals surface area contributed by atoms with Crippen molar-refractivity contribution in [3.8, 4) is 17.1 Å². The third kappa shape index (κ3) is 3.74. The molecule has 0 aliphatic heterocycles. The zero-order valence-corrected chi connectivity index (χ0v) is 14.1. The number of ether oxygens (including phenoxy) is 1. The first-order chi connectivity index (χ1) is 11.3. The van der Waals surface area contributed by atoms with Gasteiger partial charge in [0.15, 0.2) is 11.0 Å². The van der Waals surface area contributed by atoms with E-state index >= 15 is 0 Å². The Balaban J connectivity index is 1.57. The molecule has 0 bridgehead atoms. The van der Waals surface area contributed by atoms with Gasteiger partial charge < -0.3 is 9.30 Å². The van der Waals surface area contributed by atoms with Crippen molar-refractivity contribution in [3.63, 3.8) is 0 Å². The highest BCUT2D eigenvalue weighted by molar-refractivity contribution is 7.99. The minimum Gasteiger partial charge on any atom is -0.492 e. The van der Waals surface area contributed by atoms with Crippen molar-refractivity contribution in [2.75, 3.05) is 12.4 Å². The zero-order chi connectivity index (χ0) is 16.1. The molecule has 0 aliphatic carbocycles. The van der Waals surface area contributed by atoms with Crippen LogP contribution in [0.4, 0.5) is 0 Å². The highest BCUT2D eigenvalue weighted by Gasteiger charge is 2.10. The minimum atomic E-state index is 0.642. The lowest BCUT2D eigenvalue weighted by Gasteiger charge is -2.08. The normalized spacial score (nSPS) is 10.7. The monoisotopic (exact) mass is 325 g/mol. The largest absolute Gasteiger partial charge is 0.492 e. The average molecular weight is 325 g/mol. The molecule has 0 spiro atoms. The molecule has 0 aliphatic rings. The van der Waals surface area contributed by atoms with Gasteiger partial charge in [0.25, 0.3) is 0 Å². The molecule has 23 heavy (non-hydrogen) atoms. The van der Waals surface area contributed by atoms with Crippen molar-refractivity contribution in [1.29, 1.82) is 0 Å². The number of rotatable bonds is 6. The molecule has 0 amide bonds. The third-order valence-electron chi connectivity index (χ3n) is 3.53. The van der Waals surface area contributed by atoms with Gasteiger partial charge in [0.1, 0.15) is 5.75 Å². The standard InChI is InChI=1S/C18H19N3OS/c1-14-8-6-7-11-16(14)22-12-13-23-18-20-19-17(21(18)2)15-9-4-3-5-10-15/h3-11H,12-13H2,1-2H3. The van der Waals surface area contributed by atoms with E-state index in [2.05, 4.69) is 23.2 Å². The lowest BCUT2D eigenvalue weighted by molar-refractivity contribution is 0.341. The van der Waals surface area contributed by atoms with Gasteiger partial charge in [-0.2, -0.15) is 0 Å². The number of aromatic nitrogens is 3. The van der Waals surface area contributed by atoms with Gasteiger partial charge in [-0.1, -0.05) is 60.3 Å². The number of hydrogen-bond acceptors (Lipinski definition) is 4. The highest BCUT2D eigenvalue weighted by atomic mass is 32.2. The van der Waals surface area contributed by atoms with Crippen LogP contribution in [0.15, 0.2) is 59.8 Å². The predicted molar refractivity (Wildman–Crippen MR) is 93.8 cm³/mol. The van der Waals surface area contributed by atoms with Gasteiger partial charge in [-0.05, 0) is 18.6 Å². The van der Waals surface area contributed by atoms with Crippen LogP contribution < -0.4 is 4.74 Å². The molecule has 4 nitrogen and oxygen atoms in total. The Labute approximate surface area is 140 Å². The average Bonchev–Trinajstić information content (AvgIpc) is 2.95. The number of para-hydroxylation sites is 1. The summed E-state index contributed by atoms with van der Waals surface area (Å²) in [4.78, 5) is 0. The van der Waals surface area contributed by atoms with Crippen molar-refractivity contribution in [2.45, 2.75) is 12.1 Å². The second-order valence-corrected chi connectivity index (χ2v) is 6.26. The molecule has 0 N–H and O–H groups in total. The van der Waals surface area contributed by atoms with Crippen molar-refractivity contribution in [3.05, 3.63) is 60.2 Å². The Hall–Kier alpha value is -2.27. The maximum atomic E-state index is 5.81. The first-order valence-electron chi connectivity index (χ1n) is 7.52. The molecule has 1 heterocycles. The Bertz CT molecular complexity index is 771. The lowest BCUT2D eigenvalue weighted by atomic mass is 10.2. The molecule has 3 aromatic rings. The van der Waals surface area contributed by atoms with Crippen molar-refractivity contribution in [1.82, 2.24) is 14.8 Å². The van der Waals surface area contributed by atoms with E-state index in [1.165, 1.54) is 0 Å². The van der Waals surface area contributed by atoms with E-state index in [4.69, 9.17) is 4.74 Å². The van der Waals surface area contributed by atoms with Gasteiger partial charge in [0.05, 0.1) is 6.61 Å². The summed E-state index contributed by atoms with van der Waals surface area (Å²) >= 11 is 1.65. The minimum absolute atomic E-state index is 0.642. The van der Waals surface area contributed by atoms with Crippen LogP contribution in [0, 0.1) is 6.92 Å². The molecule has 0 radical (unpaired) electrons. The van der Waals surface area contributed by atoms with Gasteiger partial charge in [0, 0.05) is 18.4 Å². The molecule has 118 valence electrons. The van der Waals surface area contributed by atoms with Crippen molar-refractivity contribution >= 4 is 11.8 Å². The molecule has 0 unspecified atom stereocenters. The van der Waals surface area contributed by atoms with E-state index in [0.29, 0.717) is 6.61 Å². The summed E-state index contributed by atoms with van der Waals surface area (Å²) < 4.78 is 7.83. The topological polar surface area (TPSA) is 39.9 Å². The Morgan fingerprint density at radius 3 is 2.52 bits per heavy atom. The van der Waals surface area contributed by atoms with Crippen LogP contribution in [0.5, 0.6) is 5.75 Å². The van der Waals surface area contributed by atoms with Crippen LogP contribution in [0.3, 0.4) is 0 Å². The maximum Gasteiger partial charge on any atom is 0.191 e. The molecule has 0 saturated heterocycles. The molecule has 0 fully saturated rings. The summed E-state index contributed by atoms with van der Waals surface area (Å²) in [6.07, 6.45) is 0. The van der Waals surface area contributed by atoms with E-state index in [9.17, 15) is 0 Å². The molecule has 2 aromatic carbocycles. The molecule has 5 heteroatoms. The first-order valence-corrected chi connectivity index (χ1v) is 8.50. The summed E-state index contributed by atoms with van der Waals surface area (Å²) in [5, 5.41) is 9.46. The van der Waals surface area contributed by atoms with E-state index < -0.39 is 0 Å². The molecular weight excluding hydrogens is 306 g/mol. The SMILES string of the molecule is Cc1ccccc1OCCSc1nnc(-c2ccccc2)n1C. The fourth-order valence-electron chi connectivity index (χ4n) is 2.28. The zero-order valence-electron chi connectivity index (χ0n) is 13.3. The second-order valence-electron chi connectivity index (χ2n) is 5.19. The summed E-state index contributed by atoms with van der Waals surface area (Å²) in [6.45, 7) is 2.69. The fourth-order valence-corrected chi connectivity index (χ4v) is 3.01. The van der Waals surface area contributed by atoms with Crippen LogP contribution in [0.1, 0.15) is 5.56 Å². The summed E-state index contributed by atoms with van der Waals surface area (Å²) in [6, 6.07) is 18.1. The quantitative estimate of drug-likeness (QED) is 0.508. The van der Waals surface area contributed by atoms with Crippen LogP contribution in [0.25, 0.3) is 11.4 Å². The highest BCUT2D eigenvalue weighted by Crippen LogP contribution is 2.23. The summed E-state index contributed by atoms with van der Waals surface area (Å²) in [7, 11) is 1.99. The Morgan fingerprint density at radius 2 is 1.74 bits per heavy atom. The number of nitrogens with zero attached hydrogens (tertiary/aromatic N) is 3. The summed E-state index contributed by atoms with van der Waals surface area (Å²) in [5.41, 5.74) is 2.23. The van der Waals surface area contributed by atoms with E-state index in [0.717, 1.165) is 33.6 Å². The smallest absolute Gasteiger partial charge is 0.191 e. The fraction of sp³-hybridized carbons (Fsp3) is 0.222. The van der Waals surface area contributed by atoms with Gasteiger partial charge >= 0.3 is 0 Å². The second kappa shape index (κ2) is 7.33. The Kier molecular flexibility index (Phi) is 4.98. The van der Waals surface area contributed by atoms with Crippen molar-refractivity contribution in [2.24, 2.45) is 7.05 Å². The number of hydrogen-bond donors (Lipinski definition) is 0. The van der Waals surface area contributed by atoms with E-state index in [1.54, 1.807) is 11.8 Å². The first kappa shape index (κ1) is 15.6. The summed E-state index contributed by atoms with van der Waals surface area (Å²) in [5.74, 6) is 2.65. The van der Waals surface area contributed by atoms with E-state index in [-0.39, 0.29) is 0 Å². The third-order valence-corrected chi connectivity index (χ3v) is 4.52. The number of aryl methyl sites for hydroxylation is 1. The van der Waals surface area contributed by atoms with Crippen LogP contribution in [-0.4, -0.2) is 27.1 Å². The van der Waals surface area contributed by atoms with Gasteiger partial charge in [-0.15, -0.1) is 10.2 Å². The van der Waals surface area contributed by atoms with Crippen LogP contribution in [0.2, 0.25) is 0 Å². The maximum absolute atomic E-state index is 5.81.